The molecule has 9 nitrogen and oxygen atoms in total. The molecule has 11 heteroatoms. The minimum absolute atomic E-state index is 0.0306. The van der Waals surface area contributed by atoms with E-state index in [1.165, 1.54) is 11.1 Å². The van der Waals surface area contributed by atoms with Crippen molar-refractivity contribution in [1.29, 1.82) is 0 Å². The van der Waals surface area contributed by atoms with Crippen LogP contribution in [0.25, 0.3) is 0 Å². The van der Waals surface area contributed by atoms with Gasteiger partial charge in [0.2, 0.25) is 11.2 Å². The molecule has 1 saturated heterocycles. The first-order valence-electron chi connectivity index (χ1n) is 11.3. The lowest BCUT2D eigenvalue weighted by molar-refractivity contribution is -0.129. The average Bonchev–Trinajstić information content (AvgIpc) is 2.84. The molecular formula is C23H28Cl2N6O3. The predicted molar refractivity (Wildman–Crippen MR) is 130 cm³/mol. The summed E-state index contributed by atoms with van der Waals surface area (Å²) < 4.78 is 0. The molecule has 1 aromatic carbocycles. The number of aromatic nitrogens is 2. The lowest BCUT2D eigenvalue weighted by Gasteiger charge is -2.32. The molecule has 2 atom stereocenters. The molecule has 2 amide bonds. The van der Waals surface area contributed by atoms with Gasteiger partial charge in [-0.15, -0.1) is 0 Å². The summed E-state index contributed by atoms with van der Waals surface area (Å²) in [5.41, 5.74) is 2.34. The van der Waals surface area contributed by atoms with E-state index in [1.54, 1.807) is 11.8 Å². The lowest BCUT2D eigenvalue weighted by Crippen LogP contribution is -2.49. The molecule has 3 heterocycles. The van der Waals surface area contributed by atoms with E-state index in [-0.39, 0.29) is 46.4 Å². The number of anilines is 1. The molecule has 4 rings (SSSR count). The number of likely N-dealkylation sites (tertiary alicyclic amines) is 1. The number of nitrogens with zero attached hydrogens (tertiary/aromatic N) is 3. The zero-order valence-corrected chi connectivity index (χ0v) is 20.4. The van der Waals surface area contributed by atoms with Crippen molar-refractivity contribution in [3.05, 3.63) is 51.4 Å². The molecule has 0 bridgehead atoms. The Bertz CT molecular complexity index is 1060. The van der Waals surface area contributed by atoms with Gasteiger partial charge in [0.05, 0.1) is 6.10 Å². The Labute approximate surface area is 208 Å². The largest absolute Gasteiger partial charge is 0.390 e. The van der Waals surface area contributed by atoms with Gasteiger partial charge in [-0.2, -0.15) is 4.98 Å². The molecule has 0 aliphatic carbocycles. The van der Waals surface area contributed by atoms with Gasteiger partial charge >= 0.3 is 0 Å². The first-order valence-corrected chi connectivity index (χ1v) is 12.1. The third-order valence-corrected chi connectivity index (χ3v) is 6.90. The fourth-order valence-corrected chi connectivity index (χ4v) is 4.77. The normalized spacial score (nSPS) is 19.3. The number of hydrogen-bond donors (Lipinski definition) is 4. The smallest absolute Gasteiger partial charge is 0.271 e. The summed E-state index contributed by atoms with van der Waals surface area (Å²) in [6.07, 6.45) is 1.33. The number of rotatable bonds is 6. The maximum absolute atomic E-state index is 12.8. The summed E-state index contributed by atoms with van der Waals surface area (Å²) >= 11 is 12.5. The number of amides is 2. The van der Waals surface area contributed by atoms with Crippen LogP contribution >= 0.6 is 23.2 Å². The Morgan fingerprint density at radius 2 is 1.91 bits per heavy atom. The highest BCUT2D eigenvalue weighted by Crippen LogP contribution is 2.27. The Balaban J connectivity index is 1.36. The van der Waals surface area contributed by atoms with Crippen LogP contribution in [-0.2, 0) is 17.8 Å². The van der Waals surface area contributed by atoms with Crippen LogP contribution in [0.5, 0.6) is 0 Å². The van der Waals surface area contributed by atoms with Crippen LogP contribution in [-0.4, -0.2) is 69.6 Å². The number of aliphatic hydroxyl groups is 1. The molecule has 1 fully saturated rings. The zero-order chi connectivity index (χ0) is 24.2. The van der Waals surface area contributed by atoms with Gasteiger partial charge in [0.25, 0.3) is 5.91 Å². The first kappa shape index (κ1) is 24.7. The molecule has 0 saturated carbocycles. The quantitative estimate of drug-likeness (QED) is 0.442. The molecular weight excluding hydrogens is 479 g/mol. The van der Waals surface area contributed by atoms with Gasteiger partial charge in [0.15, 0.2) is 11.5 Å². The summed E-state index contributed by atoms with van der Waals surface area (Å²) in [5.74, 6) is -0.214. The number of aliphatic hydroxyl groups excluding tert-OH is 1. The molecule has 0 radical (unpaired) electrons. The molecule has 4 N–H and O–H groups in total. The molecule has 34 heavy (non-hydrogen) atoms. The van der Waals surface area contributed by atoms with Crippen LogP contribution in [0.3, 0.4) is 0 Å². The molecule has 2 aliphatic rings. The number of carbonyl (C=O) groups is 2. The number of benzene rings is 1. The van der Waals surface area contributed by atoms with Crippen LogP contribution in [0.2, 0.25) is 10.3 Å². The summed E-state index contributed by atoms with van der Waals surface area (Å²) in [6.45, 7) is 3.52. The maximum atomic E-state index is 12.8. The van der Waals surface area contributed by atoms with E-state index in [1.807, 2.05) is 12.1 Å². The summed E-state index contributed by atoms with van der Waals surface area (Å²) in [5, 5.41) is 19.8. The number of piperidine rings is 1. The van der Waals surface area contributed by atoms with Gasteiger partial charge in [-0.25, -0.2) is 4.98 Å². The third-order valence-electron chi connectivity index (χ3n) is 6.37. The fourth-order valence-electron chi connectivity index (χ4n) is 4.37. The minimum atomic E-state index is -0.794. The fraction of sp³-hybridized carbons (Fsp3) is 0.478. The maximum Gasteiger partial charge on any atom is 0.271 e. The highest BCUT2D eigenvalue weighted by molar-refractivity contribution is 6.36. The van der Waals surface area contributed by atoms with Gasteiger partial charge in [-0.1, -0.05) is 35.9 Å². The second-order valence-corrected chi connectivity index (χ2v) is 9.38. The summed E-state index contributed by atoms with van der Waals surface area (Å²) in [6, 6.07) is 7.94. The monoisotopic (exact) mass is 506 g/mol. The molecule has 1 aromatic heterocycles. The zero-order valence-electron chi connectivity index (χ0n) is 18.9. The number of halogens is 2. The van der Waals surface area contributed by atoms with Crippen molar-refractivity contribution in [1.82, 2.24) is 25.5 Å². The minimum Gasteiger partial charge on any atom is -0.390 e. The predicted octanol–water partition coefficient (Wildman–Crippen LogP) is 2.01. The highest BCUT2D eigenvalue weighted by atomic mass is 35.5. The number of hydrogen-bond acceptors (Lipinski definition) is 7. The Hall–Kier alpha value is -2.46. The van der Waals surface area contributed by atoms with Crippen molar-refractivity contribution in [3.8, 4) is 0 Å². The summed E-state index contributed by atoms with van der Waals surface area (Å²) in [4.78, 5) is 34.3. The SMILES string of the molecule is CC(=O)N1CCC(Nc2nc(Cl)nc(C(=O)NC[C@@H](O)[C@@H]3Cc4ccccc4CN3)c2Cl)CC1. The van der Waals surface area contributed by atoms with Crippen molar-refractivity contribution < 1.29 is 14.7 Å². The van der Waals surface area contributed by atoms with Crippen molar-refractivity contribution in [2.75, 3.05) is 25.0 Å². The Kier molecular flexibility index (Phi) is 7.88. The van der Waals surface area contributed by atoms with Crippen molar-refractivity contribution in [3.63, 3.8) is 0 Å². The summed E-state index contributed by atoms with van der Waals surface area (Å²) in [7, 11) is 0. The van der Waals surface area contributed by atoms with Gasteiger partial charge < -0.3 is 26.0 Å². The van der Waals surface area contributed by atoms with Crippen molar-refractivity contribution in [2.24, 2.45) is 0 Å². The molecule has 0 unspecified atom stereocenters. The second-order valence-electron chi connectivity index (χ2n) is 8.67. The van der Waals surface area contributed by atoms with Crippen molar-refractivity contribution >= 4 is 40.8 Å². The standard InChI is InChI=1S/C23H28Cl2N6O3/c1-13(32)31-8-6-16(7-9-31)28-21-19(24)20(29-23(25)30-21)22(34)27-12-18(33)17-10-14-4-2-3-5-15(14)11-26-17/h2-5,16-18,26,33H,6-12H2,1H3,(H,27,34)(H,28,29,30)/t17-,18+/m0/s1. The average molecular weight is 507 g/mol. The lowest BCUT2D eigenvalue weighted by atomic mass is 9.93. The van der Waals surface area contributed by atoms with Gasteiger partial charge in [0, 0.05) is 45.2 Å². The number of carbonyl (C=O) groups excluding carboxylic acids is 2. The van der Waals surface area contributed by atoms with E-state index in [2.05, 4.69) is 38.1 Å². The van der Waals surface area contributed by atoms with Gasteiger partial charge in [-0.3, -0.25) is 9.59 Å². The second kappa shape index (κ2) is 10.9. The van der Waals surface area contributed by atoms with Crippen LogP contribution in [0.1, 0.15) is 41.4 Å². The number of fused-ring (bicyclic) bond motifs is 1. The van der Waals surface area contributed by atoms with Crippen LogP contribution < -0.4 is 16.0 Å². The molecule has 2 aromatic rings. The van der Waals surface area contributed by atoms with E-state index in [9.17, 15) is 14.7 Å². The number of nitrogens with one attached hydrogen (secondary N) is 3. The van der Waals surface area contributed by atoms with E-state index < -0.39 is 12.0 Å². The third kappa shape index (κ3) is 5.78. The molecule has 0 spiro atoms. The van der Waals surface area contributed by atoms with Crippen LogP contribution in [0.15, 0.2) is 24.3 Å². The van der Waals surface area contributed by atoms with Crippen LogP contribution in [0, 0.1) is 0 Å². The highest BCUT2D eigenvalue weighted by Gasteiger charge is 2.27. The van der Waals surface area contributed by atoms with E-state index >= 15 is 0 Å². The van der Waals surface area contributed by atoms with E-state index in [4.69, 9.17) is 23.2 Å². The Morgan fingerprint density at radius 1 is 1.21 bits per heavy atom. The van der Waals surface area contributed by atoms with E-state index in [0.29, 0.717) is 26.1 Å². The van der Waals surface area contributed by atoms with Gasteiger partial charge in [0.1, 0.15) is 5.02 Å². The molecule has 182 valence electrons. The topological polar surface area (TPSA) is 119 Å². The van der Waals surface area contributed by atoms with Crippen molar-refractivity contribution in [2.45, 2.75) is 50.9 Å². The molecule has 2 aliphatic heterocycles. The van der Waals surface area contributed by atoms with E-state index in [0.717, 1.165) is 12.8 Å². The first-order chi connectivity index (χ1) is 16.3. The van der Waals surface area contributed by atoms with Crippen LogP contribution in [0.4, 0.5) is 5.82 Å². The Morgan fingerprint density at radius 3 is 2.62 bits per heavy atom. The van der Waals surface area contributed by atoms with Gasteiger partial charge in [-0.05, 0) is 42.0 Å².